The Hall–Kier alpha value is -2.95. The topological polar surface area (TPSA) is 80.4 Å². The van der Waals surface area contributed by atoms with Gasteiger partial charge in [0.05, 0.1) is 5.39 Å². The van der Waals surface area contributed by atoms with Crippen molar-refractivity contribution < 1.29 is 14.3 Å². The normalized spacial score (nSPS) is 10.6. The van der Waals surface area contributed by atoms with Gasteiger partial charge in [-0.15, -0.1) is 0 Å². The molecule has 0 spiro atoms. The van der Waals surface area contributed by atoms with Gasteiger partial charge in [-0.3, -0.25) is 14.6 Å². The Labute approximate surface area is 113 Å². The number of carbonyl (C=O) groups excluding carboxylic acids is 1. The van der Waals surface area contributed by atoms with Gasteiger partial charge >= 0.3 is 0 Å². The first-order valence-corrected chi connectivity index (χ1v) is 5.89. The smallest absolute Gasteiger partial charge is 0.250 e. The maximum atomic E-state index is 12.2. The van der Waals surface area contributed by atoms with E-state index in [-0.39, 0.29) is 16.7 Å². The number of fused-ring (bicyclic) bond motifs is 1. The molecule has 5 nitrogen and oxygen atoms in total. The SMILES string of the molecule is O=C(c1ccccn1)c1oc2ccccc2c(=O)c1O. The molecule has 0 aliphatic carbocycles. The maximum absolute atomic E-state index is 12.2. The first-order chi connectivity index (χ1) is 9.68. The summed E-state index contributed by atoms with van der Waals surface area (Å²) < 4.78 is 5.35. The second kappa shape index (κ2) is 4.62. The summed E-state index contributed by atoms with van der Waals surface area (Å²) in [6, 6.07) is 11.2. The molecule has 0 atom stereocenters. The average molecular weight is 267 g/mol. The Balaban J connectivity index is 2.25. The highest BCUT2D eigenvalue weighted by molar-refractivity contribution is 6.08. The number of benzene rings is 1. The van der Waals surface area contributed by atoms with Gasteiger partial charge in [0.1, 0.15) is 11.3 Å². The zero-order valence-electron chi connectivity index (χ0n) is 10.2. The molecule has 1 N–H and O–H groups in total. The van der Waals surface area contributed by atoms with Crippen molar-refractivity contribution in [2.24, 2.45) is 0 Å². The zero-order chi connectivity index (χ0) is 14.1. The van der Waals surface area contributed by atoms with E-state index in [4.69, 9.17) is 4.42 Å². The molecule has 3 aromatic rings. The van der Waals surface area contributed by atoms with Crippen LogP contribution in [0.3, 0.4) is 0 Å². The fourth-order valence-electron chi connectivity index (χ4n) is 1.90. The van der Waals surface area contributed by atoms with E-state index in [1.165, 1.54) is 18.3 Å². The number of pyridine rings is 1. The van der Waals surface area contributed by atoms with E-state index in [9.17, 15) is 14.7 Å². The van der Waals surface area contributed by atoms with Crippen LogP contribution in [0.4, 0.5) is 0 Å². The summed E-state index contributed by atoms with van der Waals surface area (Å²) in [5.41, 5.74) is -0.290. The van der Waals surface area contributed by atoms with Crippen LogP contribution in [0.2, 0.25) is 0 Å². The van der Waals surface area contributed by atoms with Crippen molar-refractivity contribution in [2.45, 2.75) is 0 Å². The summed E-state index contributed by atoms with van der Waals surface area (Å²) >= 11 is 0. The van der Waals surface area contributed by atoms with E-state index in [1.54, 1.807) is 30.3 Å². The van der Waals surface area contributed by atoms with Gasteiger partial charge in [0, 0.05) is 6.20 Å². The lowest BCUT2D eigenvalue weighted by molar-refractivity contribution is 0.100. The van der Waals surface area contributed by atoms with E-state index in [0.29, 0.717) is 0 Å². The molecule has 0 bridgehead atoms. The van der Waals surface area contributed by atoms with E-state index in [1.807, 2.05) is 0 Å². The molecule has 0 saturated carbocycles. The Morgan fingerprint density at radius 1 is 1.10 bits per heavy atom. The molecule has 3 rings (SSSR count). The van der Waals surface area contributed by atoms with Crippen molar-refractivity contribution in [3.05, 3.63) is 70.3 Å². The quantitative estimate of drug-likeness (QED) is 0.719. The molecule has 0 unspecified atom stereocenters. The first kappa shape index (κ1) is 12.1. The third-order valence-corrected chi connectivity index (χ3v) is 2.88. The molecule has 20 heavy (non-hydrogen) atoms. The summed E-state index contributed by atoms with van der Waals surface area (Å²) in [5.74, 6) is -1.72. The van der Waals surface area contributed by atoms with Gasteiger partial charge in [0.15, 0.2) is 0 Å². The van der Waals surface area contributed by atoms with Crippen LogP contribution < -0.4 is 5.43 Å². The zero-order valence-corrected chi connectivity index (χ0v) is 10.2. The van der Waals surface area contributed by atoms with Crippen molar-refractivity contribution in [3.8, 4) is 5.75 Å². The second-order valence-electron chi connectivity index (χ2n) is 4.15. The molecule has 2 aromatic heterocycles. The molecule has 5 heteroatoms. The second-order valence-corrected chi connectivity index (χ2v) is 4.15. The average Bonchev–Trinajstić information content (AvgIpc) is 2.51. The van der Waals surface area contributed by atoms with Crippen molar-refractivity contribution in [3.63, 3.8) is 0 Å². The van der Waals surface area contributed by atoms with E-state index in [2.05, 4.69) is 4.98 Å². The maximum Gasteiger partial charge on any atom is 0.250 e. The lowest BCUT2D eigenvalue weighted by atomic mass is 10.1. The highest BCUT2D eigenvalue weighted by Gasteiger charge is 2.21. The lowest BCUT2D eigenvalue weighted by Crippen LogP contribution is -2.10. The lowest BCUT2D eigenvalue weighted by Gasteiger charge is -2.04. The van der Waals surface area contributed by atoms with Gasteiger partial charge in [-0.2, -0.15) is 0 Å². The molecular weight excluding hydrogens is 258 g/mol. The fourth-order valence-corrected chi connectivity index (χ4v) is 1.90. The minimum absolute atomic E-state index is 0.0984. The summed E-state index contributed by atoms with van der Waals surface area (Å²) in [4.78, 5) is 28.1. The number of para-hydroxylation sites is 1. The van der Waals surface area contributed by atoms with Crippen LogP contribution in [0, 0.1) is 0 Å². The van der Waals surface area contributed by atoms with Gasteiger partial charge < -0.3 is 9.52 Å². The molecule has 2 heterocycles. The molecule has 0 aliphatic heterocycles. The number of carbonyl (C=O) groups is 1. The van der Waals surface area contributed by atoms with Crippen molar-refractivity contribution in [1.82, 2.24) is 4.98 Å². The Bertz CT molecular complexity index is 853. The van der Waals surface area contributed by atoms with Crippen molar-refractivity contribution >= 4 is 16.8 Å². The molecule has 0 radical (unpaired) electrons. The molecule has 1 aromatic carbocycles. The number of aromatic nitrogens is 1. The number of hydrogen-bond acceptors (Lipinski definition) is 5. The molecule has 0 aliphatic rings. The largest absolute Gasteiger partial charge is 0.501 e. The van der Waals surface area contributed by atoms with Gasteiger partial charge in [-0.05, 0) is 24.3 Å². The minimum atomic E-state index is -0.695. The van der Waals surface area contributed by atoms with Crippen LogP contribution in [0.1, 0.15) is 16.2 Å². The van der Waals surface area contributed by atoms with E-state index in [0.717, 1.165) is 0 Å². The van der Waals surface area contributed by atoms with Gasteiger partial charge in [-0.1, -0.05) is 18.2 Å². The summed E-state index contributed by atoms with van der Waals surface area (Å²) in [6.45, 7) is 0. The Morgan fingerprint density at radius 2 is 1.85 bits per heavy atom. The fraction of sp³-hybridized carbons (Fsp3) is 0. The Morgan fingerprint density at radius 3 is 2.60 bits per heavy atom. The van der Waals surface area contributed by atoms with Crippen LogP contribution >= 0.6 is 0 Å². The molecule has 0 saturated heterocycles. The van der Waals surface area contributed by atoms with Crippen LogP contribution in [0.5, 0.6) is 5.75 Å². The molecule has 0 fully saturated rings. The van der Waals surface area contributed by atoms with Gasteiger partial charge in [-0.25, -0.2) is 0 Å². The third kappa shape index (κ3) is 1.85. The third-order valence-electron chi connectivity index (χ3n) is 2.88. The number of aromatic hydroxyl groups is 1. The van der Waals surface area contributed by atoms with E-state index >= 15 is 0 Å². The van der Waals surface area contributed by atoms with Gasteiger partial charge in [0.25, 0.3) is 5.78 Å². The summed E-state index contributed by atoms with van der Waals surface area (Å²) in [5, 5.41) is 10.1. The molecule has 0 amide bonds. The van der Waals surface area contributed by atoms with Crippen molar-refractivity contribution in [1.29, 1.82) is 0 Å². The summed E-state index contributed by atoms with van der Waals surface area (Å²) in [7, 11) is 0. The van der Waals surface area contributed by atoms with Crippen molar-refractivity contribution in [2.75, 3.05) is 0 Å². The molecule has 98 valence electrons. The highest BCUT2D eigenvalue weighted by Crippen LogP contribution is 2.21. The number of rotatable bonds is 2. The predicted molar refractivity (Wildman–Crippen MR) is 71.8 cm³/mol. The Kier molecular flexibility index (Phi) is 2.80. The monoisotopic (exact) mass is 267 g/mol. The first-order valence-electron chi connectivity index (χ1n) is 5.89. The van der Waals surface area contributed by atoms with Crippen LogP contribution in [-0.2, 0) is 0 Å². The molecular formula is C15H9NO4. The number of nitrogens with zero attached hydrogens (tertiary/aromatic N) is 1. The summed E-state index contributed by atoms with van der Waals surface area (Å²) in [6.07, 6.45) is 1.45. The van der Waals surface area contributed by atoms with Gasteiger partial charge in [0.2, 0.25) is 16.9 Å². The number of hydrogen-bond donors (Lipinski definition) is 1. The predicted octanol–water partition coefficient (Wildman–Crippen LogP) is 2.12. The van der Waals surface area contributed by atoms with Crippen LogP contribution in [0.15, 0.2) is 57.9 Å². The van der Waals surface area contributed by atoms with E-state index < -0.39 is 22.7 Å². The standard InChI is InChI=1S/C15H9NO4/c17-12-9-5-1-2-7-11(9)20-15(14(12)19)13(18)10-6-3-4-8-16-10/h1-8,19H. The number of ketones is 1. The highest BCUT2D eigenvalue weighted by atomic mass is 16.4. The van der Waals surface area contributed by atoms with Crippen LogP contribution in [-0.4, -0.2) is 15.9 Å². The minimum Gasteiger partial charge on any atom is -0.501 e. The van der Waals surface area contributed by atoms with Crippen LogP contribution in [0.25, 0.3) is 11.0 Å².